The molecule has 0 fully saturated rings. The fourth-order valence-electron chi connectivity index (χ4n) is 1.89. The van der Waals surface area contributed by atoms with Crippen LogP contribution in [0.15, 0.2) is 48.0 Å². The summed E-state index contributed by atoms with van der Waals surface area (Å²) in [7, 11) is 1.45. The van der Waals surface area contributed by atoms with Crippen LogP contribution in [0.4, 0.5) is 5.69 Å². The zero-order valence-corrected chi connectivity index (χ0v) is 13.7. The molecule has 0 saturated carbocycles. The third-order valence-corrected chi connectivity index (χ3v) is 3.49. The summed E-state index contributed by atoms with van der Waals surface area (Å²) in [6, 6.07) is 13.9. The fraction of sp³-hybridized carbons (Fsp3) is 0.0588. The topological polar surface area (TPSA) is 62.1 Å². The lowest BCUT2D eigenvalue weighted by Gasteiger charge is -2.07. The Bertz CT molecular complexity index is 773. The molecule has 0 aromatic heterocycles. The summed E-state index contributed by atoms with van der Waals surface area (Å²) < 4.78 is 5.06. The second-order valence-corrected chi connectivity index (χ2v) is 5.32. The fourth-order valence-corrected chi connectivity index (χ4v) is 2.55. The van der Waals surface area contributed by atoms with E-state index in [1.165, 1.54) is 13.2 Å². The molecule has 2 rings (SSSR count). The average Bonchev–Trinajstić information content (AvgIpc) is 2.53. The van der Waals surface area contributed by atoms with Crippen LogP contribution in [0.25, 0.3) is 6.08 Å². The van der Waals surface area contributed by atoms with Gasteiger partial charge in [-0.15, -0.1) is 0 Å². The molecule has 2 aromatic rings. The van der Waals surface area contributed by atoms with Crippen molar-refractivity contribution in [3.05, 3.63) is 63.6 Å². The predicted octanol–water partition coefficient (Wildman–Crippen LogP) is 4.55. The van der Waals surface area contributed by atoms with E-state index in [9.17, 15) is 10.1 Å². The number of anilines is 1. The number of para-hydroxylation sites is 1. The van der Waals surface area contributed by atoms with Gasteiger partial charge in [-0.05, 0) is 35.9 Å². The minimum absolute atomic E-state index is 0.0637. The summed E-state index contributed by atoms with van der Waals surface area (Å²) in [4.78, 5) is 12.1. The predicted molar refractivity (Wildman–Crippen MR) is 91.7 cm³/mol. The first-order valence-corrected chi connectivity index (χ1v) is 7.32. The molecule has 1 amide bonds. The van der Waals surface area contributed by atoms with Gasteiger partial charge in [-0.1, -0.05) is 41.4 Å². The molecule has 0 radical (unpaired) electrons. The molecule has 6 heteroatoms. The minimum Gasteiger partial charge on any atom is -0.494 e. The van der Waals surface area contributed by atoms with E-state index < -0.39 is 5.91 Å². The lowest BCUT2D eigenvalue weighted by Crippen LogP contribution is -2.13. The first kappa shape index (κ1) is 16.9. The van der Waals surface area contributed by atoms with Crippen molar-refractivity contribution >= 4 is 40.9 Å². The summed E-state index contributed by atoms with van der Waals surface area (Å²) in [5.41, 5.74) is 1.07. The monoisotopic (exact) mass is 346 g/mol. The van der Waals surface area contributed by atoms with Gasteiger partial charge in [0.25, 0.3) is 5.91 Å². The Morgan fingerprint density at radius 3 is 2.35 bits per heavy atom. The van der Waals surface area contributed by atoms with E-state index >= 15 is 0 Å². The van der Waals surface area contributed by atoms with E-state index in [0.29, 0.717) is 27.0 Å². The molecule has 0 aliphatic rings. The number of rotatable bonds is 4. The quantitative estimate of drug-likeness (QED) is 0.652. The molecule has 0 heterocycles. The Morgan fingerprint density at radius 1 is 1.22 bits per heavy atom. The van der Waals surface area contributed by atoms with E-state index in [4.69, 9.17) is 27.9 Å². The first-order chi connectivity index (χ1) is 11.0. The summed E-state index contributed by atoms with van der Waals surface area (Å²) >= 11 is 12.1. The van der Waals surface area contributed by atoms with Gasteiger partial charge in [0, 0.05) is 5.69 Å². The van der Waals surface area contributed by atoms with Gasteiger partial charge in [-0.2, -0.15) is 5.26 Å². The number of nitrogens with zero attached hydrogens (tertiary/aromatic N) is 1. The van der Waals surface area contributed by atoms with Crippen LogP contribution in [-0.2, 0) is 4.79 Å². The Labute approximate surface area is 143 Å². The van der Waals surface area contributed by atoms with Crippen LogP contribution in [0.2, 0.25) is 10.0 Å². The van der Waals surface area contributed by atoms with Crippen LogP contribution < -0.4 is 10.1 Å². The lowest BCUT2D eigenvalue weighted by atomic mass is 10.1. The Hall–Kier alpha value is -2.48. The van der Waals surface area contributed by atoms with Crippen LogP contribution in [-0.4, -0.2) is 13.0 Å². The van der Waals surface area contributed by atoms with Crippen LogP contribution in [0.5, 0.6) is 5.75 Å². The van der Waals surface area contributed by atoms with Gasteiger partial charge < -0.3 is 10.1 Å². The summed E-state index contributed by atoms with van der Waals surface area (Å²) in [6.45, 7) is 0. The molecule has 0 bridgehead atoms. The van der Waals surface area contributed by atoms with E-state index in [1.54, 1.807) is 36.4 Å². The van der Waals surface area contributed by atoms with Gasteiger partial charge >= 0.3 is 0 Å². The number of hydrogen-bond acceptors (Lipinski definition) is 3. The molecule has 116 valence electrons. The van der Waals surface area contributed by atoms with Gasteiger partial charge in [-0.3, -0.25) is 4.79 Å². The summed E-state index contributed by atoms with van der Waals surface area (Å²) in [5.74, 6) is -0.167. The molecule has 4 nitrogen and oxygen atoms in total. The van der Waals surface area contributed by atoms with Gasteiger partial charge in [0.15, 0.2) is 5.75 Å². The van der Waals surface area contributed by atoms with Gasteiger partial charge in [-0.25, -0.2) is 0 Å². The van der Waals surface area contributed by atoms with Gasteiger partial charge in [0.1, 0.15) is 11.6 Å². The second kappa shape index (κ2) is 7.68. The third-order valence-electron chi connectivity index (χ3n) is 2.93. The number of methoxy groups -OCH3 is 1. The molecule has 0 aliphatic heterocycles. The molecule has 0 spiro atoms. The maximum absolute atomic E-state index is 12.1. The summed E-state index contributed by atoms with van der Waals surface area (Å²) in [5, 5.41) is 12.4. The SMILES string of the molecule is COc1c(Cl)cc(/C=C(/C#N)C(=O)Nc2ccccc2)cc1Cl. The smallest absolute Gasteiger partial charge is 0.266 e. The summed E-state index contributed by atoms with van der Waals surface area (Å²) in [6.07, 6.45) is 1.41. The maximum Gasteiger partial charge on any atom is 0.266 e. The zero-order valence-electron chi connectivity index (χ0n) is 12.1. The number of hydrogen-bond donors (Lipinski definition) is 1. The van der Waals surface area contributed by atoms with Crippen LogP contribution in [0.3, 0.4) is 0 Å². The number of nitriles is 1. The molecule has 0 atom stereocenters. The lowest BCUT2D eigenvalue weighted by molar-refractivity contribution is -0.112. The number of benzene rings is 2. The molecular formula is C17H12Cl2N2O2. The molecular weight excluding hydrogens is 335 g/mol. The van der Waals surface area contributed by atoms with E-state index in [0.717, 1.165) is 0 Å². The van der Waals surface area contributed by atoms with Crippen molar-refractivity contribution in [2.24, 2.45) is 0 Å². The molecule has 2 aromatic carbocycles. The highest BCUT2D eigenvalue weighted by Gasteiger charge is 2.12. The van der Waals surface area contributed by atoms with Crippen molar-refractivity contribution in [3.8, 4) is 11.8 Å². The Balaban J connectivity index is 2.29. The van der Waals surface area contributed by atoms with Crippen molar-refractivity contribution in [3.63, 3.8) is 0 Å². The highest BCUT2D eigenvalue weighted by Crippen LogP contribution is 2.34. The van der Waals surface area contributed by atoms with Gasteiger partial charge in [0.2, 0.25) is 0 Å². The van der Waals surface area contributed by atoms with E-state index in [1.807, 2.05) is 12.1 Å². The maximum atomic E-state index is 12.1. The van der Waals surface area contributed by atoms with Crippen LogP contribution >= 0.6 is 23.2 Å². The van der Waals surface area contributed by atoms with E-state index in [2.05, 4.69) is 5.32 Å². The van der Waals surface area contributed by atoms with Crippen LogP contribution in [0, 0.1) is 11.3 Å². The van der Waals surface area contributed by atoms with Crippen molar-refractivity contribution in [2.75, 3.05) is 12.4 Å². The molecule has 0 aliphatic carbocycles. The number of carbonyl (C=O) groups is 1. The van der Waals surface area contributed by atoms with Crippen molar-refractivity contribution in [1.29, 1.82) is 5.26 Å². The normalized spacial score (nSPS) is 10.8. The Morgan fingerprint density at radius 2 is 1.83 bits per heavy atom. The van der Waals surface area contributed by atoms with Crippen LogP contribution in [0.1, 0.15) is 5.56 Å². The molecule has 0 saturated heterocycles. The standard InChI is InChI=1S/C17H12Cl2N2O2/c1-23-16-14(18)8-11(9-15(16)19)7-12(10-20)17(22)21-13-5-3-2-4-6-13/h2-9H,1H3,(H,21,22)/b12-7-. The zero-order chi connectivity index (χ0) is 16.8. The van der Waals surface area contributed by atoms with Crippen molar-refractivity contribution < 1.29 is 9.53 Å². The minimum atomic E-state index is -0.512. The molecule has 23 heavy (non-hydrogen) atoms. The van der Waals surface area contributed by atoms with Gasteiger partial charge in [0.05, 0.1) is 17.2 Å². The molecule has 0 unspecified atom stereocenters. The number of ether oxygens (including phenoxy) is 1. The number of nitrogens with one attached hydrogen (secondary N) is 1. The molecule has 1 N–H and O–H groups in total. The van der Waals surface area contributed by atoms with E-state index in [-0.39, 0.29) is 5.57 Å². The van der Waals surface area contributed by atoms with Crippen molar-refractivity contribution in [1.82, 2.24) is 0 Å². The number of carbonyl (C=O) groups excluding carboxylic acids is 1. The highest BCUT2D eigenvalue weighted by atomic mass is 35.5. The highest BCUT2D eigenvalue weighted by molar-refractivity contribution is 6.37. The average molecular weight is 347 g/mol. The third kappa shape index (κ3) is 4.26. The first-order valence-electron chi connectivity index (χ1n) is 6.56. The Kier molecular flexibility index (Phi) is 5.64. The number of amides is 1. The second-order valence-electron chi connectivity index (χ2n) is 4.51. The number of halogens is 2. The largest absolute Gasteiger partial charge is 0.494 e. The van der Waals surface area contributed by atoms with Crippen molar-refractivity contribution in [2.45, 2.75) is 0 Å².